The number of hydrogen-bond donors (Lipinski definition) is 2. The Morgan fingerprint density at radius 3 is 2.73 bits per heavy atom. The highest BCUT2D eigenvalue weighted by molar-refractivity contribution is 9.10. The van der Waals surface area contributed by atoms with Crippen LogP contribution in [0.2, 0.25) is 10.0 Å². The van der Waals surface area contributed by atoms with Crippen LogP contribution in [0.3, 0.4) is 0 Å². The van der Waals surface area contributed by atoms with Gasteiger partial charge in [0.1, 0.15) is 12.4 Å². The van der Waals surface area contributed by atoms with Gasteiger partial charge in [0.2, 0.25) is 0 Å². The van der Waals surface area contributed by atoms with E-state index in [1.807, 2.05) is 42.5 Å². The number of aryl methyl sites for hydroxylation is 1. The molecule has 4 aromatic rings. The summed E-state index contributed by atoms with van der Waals surface area (Å²) in [5.74, 6) is 2.36. The van der Waals surface area contributed by atoms with Gasteiger partial charge >= 0.3 is 0 Å². The topological polar surface area (TPSA) is 59.2 Å². The van der Waals surface area contributed by atoms with E-state index in [0.717, 1.165) is 51.8 Å². The van der Waals surface area contributed by atoms with Crippen LogP contribution in [0, 0.1) is 0 Å². The molecule has 0 fully saturated rings. The summed E-state index contributed by atoms with van der Waals surface area (Å²) in [7, 11) is 1.63. The van der Waals surface area contributed by atoms with Crippen LogP contribution in [0.5, 0.6) is 11.5 Å². The van der Waals surface area contributed by atoms with Crippen molar-refractivity contribution < 1.29 is 9.47 Å². The Hall–Kier alpha value is -2.25. The zero-order valence-electron chi connectivity index (χ0n) is 18.1. The van der Waals surface area contributed by atoms with Crippen LogP contribution in [0.4, 0.5) is 0 Å². The average molecular weight is 549 g/mol. The smallest absolute Gasteiger partial charge is 0.167 e. The SMILES string of the molecule is COc1ccc(Br)c(CNCCCc2nc3ccccc3[nH]2)c1OCc1ccc(Cl)cc1Cl. The van der Waals surface area contributed by atoms with Crippen LogP contribution < -0.4 is 14.8 Å². The largest absolute Gasteiger partial charge is 0.493 e. The van der Waals surface area contributed by atoms with Crippen LogP contribution >= 0.6 is 39.1 Å². The zero-order chi connectivity index (χ0) is 23.2. The highest BCUT2D eigenvalue weighted by Gasteiger charge is 2.15. The number of benzene rings is 3. The normalized spacial score (nSPS) is 11.2. The summed E-state index contributed by atoms with van der Waals surface area (Å²) in [6.07, 6.45) is 1.83. The van der Waals surface area contributed by atoms with E-state index in [1.165, 1.54) is 0 Å². The fourth-order valence-corrected chi connectivity index (χ4v) is 4.49. The molecule has 0 radical (unpaired) electrons. The van der Waals surface area contributed by atoms with Gasteiger partial charge in [0, 0.05) is 38.6 Å². The first kappa shape index (κ1) is 23.9. The quantitative estimate of drug-likeness (QED) is 0.211. The second-order valence-electron chi connectivity index (χ2n) is 7.56. The average Bonchev–Trinajstić information content (AvgIpc) is 3.22. The first-order valence-corrected chi connectivity index (χ1v) is 12.2. The summed E-state index contributed by atoms with van der Waals surface area (Å²) in [4.78, 5) is 8.01. The Labute approximate surface area is 211 Å². The molecule has 4 rings (SSSR count). The van der Waals surface area contributed by atoms with Crippen molar-refractivity contribution >= 4 is 50.2 Å². The predicted molar refractivity (Wildman–Crippen MR) is 138 cm³/mol. The lowest BCUT2D eigenvalue weighted by Crippen LogP contribution is -2.17. The molecule has 1 heterocycles. The van der Waals surface area contributed by atoms with E-state index in [1.54, 1.807) is 19.2 Å². The van der Waals surface area contributed by atoms with Crippen LogP contribution in [0.1, 0.15) is 23.4 Å². The molecule has 0 saturated heterocycles. The minimum atomic E-state index is 0.307. The number of H-pyrrole nitrogens is 1. The molecule has 0 saturated carbocycles. The Kier molecular flexibility index (Phi) is 8.15. The van der Waals surface area contributed by atoms with Gasteiger partial charge in [-0.3, -0.25) is 0 Å². The molecule has 0 atom stereocenters. The molecule has 0 bridgehead atoms. The van der Waals surface area contributed by atoms with E-state index in [0.29, 0.717) is 34.7 Å². The van der Waals surface area contributed by atoms with Gasteiger partial charge in [0.25, 0.3) is 0 Å². The number of aromatic nitrogens is 2. The van der Waals surface area contributed by atoms with Crippen LogP contribution in [0.15, 0.2) is 59.1 Å². The molecule has 3 aromatic carbocycles. The lowest BCUT2D eigenvalue weighted by Gasteiger charge is -2.17. The van der Waals surface area contributed by atoms with Crippen LogP contribution in [0.25, 0.3) is 11.0 Å². The summed E-state index contributed by atoms with van der Waals surface area (Å²) in [6.45, 7) is 1.77. The number of halogens is 3. The number of rotatable bonds is 10. The van der Waals surface area contributed by atoms with E-state index >= 15 is 0 Å². The van der Waals surface area contributed by atoms with Gasteiger partial charge in [-0.25, -0.2) is 4.98 Å². The molecule has 172 valence electrons. The molecule has 0 aliphatic rings. The van der Waals surface area contributed by atoms with Gasteiger partial charge in [-0.1, -0.05) is 57.3 Å². The molecule has 0 aliphatic heterocycles. The highest BCUT2D eigenvalue weighted by Crippen LogP contribution is 2.37. The minimum absolute atomic E-state index is 0.307. The summed E-state index contributed by atoms with van der Waals surface area (Å²) in [5.41, 5.74) is 3.92. The van der Waals surface area contributed by atoms with Gasteiger partial charge in [-0.05, 0) is 49.4 Å². The lowest BCUT2D eigenvalue weighted by atomic mass is 10.1. The zero-order valence-corrected chi connectivity index (χ0v) is 21.2. The maximum atomic E-state index is 6.31. The lowest BCUT2D eigenvalue weighted by molar-refractivity contribution is 0.280. The molecule has 5 nitrogen and oxygen atoms in total. The Balaban J connectivity index is 1.37. The standard InChI is InChI=1S/C25H24BrCl2N3O2/c1-32-23-11-10-19(26)18(25(23)33-15-16-8-9-17(27)13-20(16)28)14-29-12-4-7-24-30-21-5-2-3-6-22(21)31-24/h2-3,5-6,8-11,13,29H,4,7,12,14-15H2,1H3,(H,30,31). The summed E-state index contributed by atoms with van der Waals surface area (Å²) >= 11 is 16.0. The van der Waals surface area contributed by atoms with Crippen molar-refractivity contribution in [3.63, 3.8) is 0 Å². The Morgan fingerprint density at radius 1 is 1.09 bits per heavy atom. The van der Waals surface area contributed by atoms with E-state index in [4.69, 9.17) is 32.7 Å². The highest BCUT2D eigenvalue weighted by atomic mass is 79.9. The third-order valence-electron chi connectivity index (χ3n) is 5.28. The van der Waals surface area contributed by atoms with Crippen molar-refractivity contribution in [3.8, 4) is 11.5 Å². The molecule has 1 aromatic heterocycles. The monoisotopic (exact) mass is 547 g/mol. The number of ether oxygens (including phenoxy) is 2. The maximum Gasteiger partial charge on any atom is 0.167 e. The fourth-order valence-electron chi connectivity index (χ4n) is 3.57. The third-order valence-corrected chi connectivity index (χ3v) is 6.61. The number of nitrogens with one attached hydrogen (secondary N) is 2. The van der Waals surface area contributed by atoms with Gasteiger partial charge < -0.3 is 19.8 Å². The molecule has 2 N–H and O–H groups in total. The van der Waals surface area contributed by atoms with Crippen LogP contribution in [-0.2, 0) is 19.6 Å². The third kappa shape index (κ3) is 6.01. The van der Waals surface area contributed by atoms with E-state index in [-0.39, 0.29) is 0 Å². The minimum Gasteiger partial charge on any atom is -0.493 e. The second kappa shape index (κ2) is 11.3. The van der Waals surface area contributed by atoms with Crippen molar-refractivity contribution in [2.24, 2.45) is 0 Å². The number of imidazole rings is 1. The summed E-state index contributed by atoms with van der Waals surface area (Å²) in [6, 6.07) is 17.3. The molecule has 0 unspecified atom stereocenters. The number of para-hydroxylation sites is 2. The van der Waals surface area contributed by atoms with Crippen molar-refractivity contribution in [1.82, 2.24) is 15.3 Å². The maximum absolute atomic E-state index is 6.31. The van der Waals surface area contributed by atoms with Crippen molar-refractivity contribution in [2.45, 2.75) is 26.0 Å². The first-order chi connectivity index (χ1) is 16.0. The van der Waals surface area contributed by atoms with E-state index < -0.39 is 0 Å². The van der Waals surface area contributed by atoms with Gasteiger partial charge in [-0.15, -0.1) is 0 Å². The summed E-state index contributed by atoms with van der Waals surface area (Å²) in [5, 5.41) is 4.67. The molecule has 0 aliphatic carbocycles. The molecule has 0 amide bonds. The predicted octanol–water partition coefficient (Wildman–Crippen LogP) is 6.94. The number of nitrogens with zero attached hydrogens (tertiary/aromatic N) is 1. The fraction of sp³-hybridized carbons (Fsp3) is 0.240. The molecule has 8 heteroatoms. The van der Waals surface area contributed by atoms with Crippen LogP contribution in [-0.4, -0.2) is 23.6 Å². The van der Waals surface area contributed by atoms with E-state index in [2.05, 4.69) is 31.2 Å². The van der Waals surface area contributed by atoms with Crippen molar-refractivity contribution in [3.05, 3.63) is 86.1 Å². The van der Waals surface area contributed by atoms with Gasteiger partial charge in [0.15, 0.2) is 11.5 Å². The van der Waals surface area contributed by atoms with Crippen molar-refractivity contribution in [2.75, 3.05) is 13.7 Å². The Morgan fingerprint density at radius 2 is 1.94 bits per heavy atom. The number of methoxy groups -OCH3 is 1. The second-order valence-corrected chi connectivity index (χ2v) is 9.26. The number of fused-ring (bicyclic) bond motifs is 1. The molecular weight excluding hydrogens is 525 g/mol. The number of aromatic amines is 1. The van der Waals surface area contributed by atoms with Gasteiger partial charge in [0.05, 0.1) is 18.1 Å². The number of hydrogen-bond acceptors (Lipinski definition) is 4. The van der Waals surface area contributed by atoms with E-state index in [9.17, 15) is 0 Å². The molecular formula is C25H24BrCl2N3O2. The molecule has 33 heavy (non-hydrogen) atoms. The van der Waals surface area contributed by atoms with Gasteiger partial charge in [-0.2, -0.15) is 0 Å². The molecule has 0 spiro atoms. The first-order valence-electron chi connectivity index (χ1n) is 10.6. The Bertz CT molecular complexity index is 1210. The summed E-state index contributed by atoms with van der Waals surface area (Å²) < 4.78 is 12.7. The van der Waals surface area contributed by atoms with Crippen molar-refractivity contribution in [1.29, 1.82) is 0 Å².